The molecule has 138 valence electrons. The quantitative estimate of drug-likeness (QED) is 0.826. The van der Waals surface area contributed by atoms with Crippen LogP contribution in [0.2, 0.25) is 0 Å². The summed E-state index contributed by atoms with van der Waals surface area (Å²) in [5.41, 5.74) is 0.272. The highest BCUT2D eigenvalue weighted by Gasteiger charge is 2.31. The predicted molar refractivity (Wildman–Crippen MR) is 92.9 cm³/mol. The number of likely N-dealkylation sites (N-methyl/N-ethyl adjacent to an activating group) is 1. The summed E-state index contributed by atoms with van der Waals surface area (Å²) in [5, 5.41) is 8.85. The minimum atomic E-state index is -3.58. The molecule has 0 aliphatic carbocycles. The second-order valence-corrected chi connectivity index (χ2v) is 8.09. The summed E-state index contributed by atoms with van der Waals surface area (Å²) >= 11 is 0. The predicted octanol–water partition coefficient (Wildman–Crippen LogP) is 1.80. The zero-order valence-corrected chi connectivity index (χ0v) is 15.3. The Morgan fingerprint density at radius 2 is 1.88 bits per heavy atom. The van der Waals surface area contributed by atoms with E-state index >= 15 is 0 Å². The third-order valence-corrected chi connectivity index (χ3v) is 6.47. The average molecular weight is 368 g/mol. The van der Waals surface area contributed by atoms with Crippen molar-refractivity contribution in [2.24, 2.45) is 0 Å². The summed E-state index contributed by atoms with van der Waals surface area (Å²) in [6, 6.07) is 5.67. The molecule has 1 heterocycles. The summed E-state index contributed by atoms with van der Waals surface area (Å²) < 4.78 is 27.0. The summed E-state index contributed by atoms with van der Waals surface area (Å²) in [7, 11) is -3.58. The topological polar surface area (TPSA) is 95.0 Å². The van der Waals surface area contributed by atoms with E-state index in [1.807, 2.05) is 6.92 Å². The van der Waals surface area contributed by atoms with Crippen LogP contribution in [-0.4, -0.2) is 60.3 Å². The molecule has 25 heavy (non-hydrogen) atoms. The van der Waals surface area contributed by atoms with Crippen LogP contribution >= 0.6 is 0 Å². The van der Waals surface area contributed by atoms with Gasteiger partial charge in [0.25, 0.3) is 5.91 Å². The van der Waals surface area contributed by atoms with Crippen molar-refractivity contribution in [1.82, 2.24) is 9.21 Å². The fourth-order valence-electron chi connectivity index (χ4n) is 3.01. The van der Waals surface area contributed by atoms with Gasteiger partial charge < -0.3 is 10.0 Å². The first-order valence-corrected chi connectivity index (χ1v) is 9.84. The number of carbonyl (C=O) groups is 2. The molecule has 2 rings (SSSR count). The summed E-state index contributed by atoms with van der Waals surface area (Å²) in [5.74, 6) is -1.52. The number of piperidine rings is 1. The normalized spacial score (nSPS) is 18.7. The van der Waals surface area contributed by atoms with E-state index in [1.54, 1.807) is 6.92 Å². The lowest BCUT2D eigenvalue weighted by atomic mass is 10.1. The Kier molecular flexibility index (Phi) is 6.18. The molecule has 0 spiro atoms. The van der Waals surface area contributed by atoms with Gasteiger partial charge in [-0.1, -0.05) is 6.42 Å². The van der Waals surface area contributed by atoms with E-state index in [4.69, 9.17) is 5.11 Å². The van der Waals surface area contributed by atoms with Crippen LogP contribution in [0.1, 0.15) is 43.5 Å². The van der Waals surface area contributed by atoms with E-state index in [-0.39, 0.29) is 29.6 Å². The van der Waals surface area contributed by atoms with Crippen molar-refractivity contribution in [3.63, 3.8) is 0 Å². The maximum Gasteiger partial charge on any atom is 0.323 e. The Labute approximate surface area is 148 Å². The molecule has 0 aromatic heterocycles. The molecule has 0 bridgehead atoms. The molecule has 1 aliphatic heterocycles. The molecular weight excluding hydrogens is 344 g/mol. The number of benzene rings is 1. The van der Waals surface area contributed by atoms with Gasteiger partial charge in [0.1, 0.15) is 6.54 Å². The summed E-state index contributed by atoms with van der Waals surface area (Å²) in [6.45, 7) is 3.97. The highest BCUT2D eigenvalue weighted by Crippen LogP contribution is 2.25. The van der Waals surface area contributed by atoms with Gasteiger partial charge in [-0.2, -0.15) is 4.31 Å². The zero-order valence-electron chi connectivity index (χ0n) is 14.5. The first kappa shape index (κ1) is 19.4. The van der Waals surface area contributed by atoms with Crippen LogP contribution in [0, 0.1) is 0 Å². The average Bonchev–Trinajstić information content (AvgIpc) is 2.59. The lowest BCUT2D eigenvalue weighted by molar-refractivity contribution is -0.137. The highest BCUT2D eigenvalue weighted by molar-refractivity contribution is 7.89. The first-order chi connectivity index (χ1) is 11.8. The van der Waals surface area contributed by atoms with Crippen LogP contribution in [0.5, 0.6) is 0 Å². The van der Waals surface area contributed by atoms with Crippen molar-refractivity contribution < 1.29 is 23.1 Å². The number of hydrogen-bond acceptors (Lipinski definition) is 4. The van der Waals surface area contributed by atoms with Crippen LogP contribution < -0.4 is 0 Å². The van der Waals surface area contributed by atoms with Crippen LogP contribution in [0.25, 0.3) is 0 Å². The molecule has 7 nitrogen and oxygen atoms in total. The lowest BCUT2D eigenvalue weighted by Gasteiger charge is -2.32. The number of carboxylic acids is 1. The van der Waals surface area contributed by atoms with Crippen LogP contribution in [0.4, 0.5) is 0 Å². The molecule has 0 radical (unpaired) electrons. The van der Waals surface area contributed by atoms with Crippen LogP contribution in [0.3, 0.4) is 0 Å². The number of hydrogen-bond donors (Lipinski definition) is 1. The number of sulfonamides is 1. The zero-order chi connectivity index (χ0) is 18.6. The Balaban J connectivity index is 2.21. The third-order valence-electron chi connectivity index (χ3n) is 4.44. The Hall–Kier alpha value is -1.93. The number of carboxylic acid groups (broad SMARTS) is 1. The van der Waals surface area contributed by atoms with Crippen LogP contribution in [-0.2, 0) is 14.8 Å². The highest BCUT2D eigenvalue weighted by atomic mass is 32.2. The first-order valence-electron chi connectivity index (χ1n) is 8.40. The van der Waals surface area contributed by atoms with Crippen molar-refractivity contribution in [1.29, 1.82) is 0 Å². The number of rotatable bonds is 6. The molecule has 1 atom stereocenters. The summed E-state index contributed by atoms with van der Waals surface area (Å²) in [6.07, 6.45) is 2.72. The molecular formula is C17H24N2O5S. The maximum atomic E-state index is 12.8. The molecule has 1 aromatic rings. The minimum Gasteiger partial charge on any atom is -0.480 e. The van der Waals surface area contributed by atoms with Gasteiger partial charge in [-0.15, -0.1) is 0 Å². The van der Waals surface area contributed by atoms with Gasteiger partial charge in [0, 0.05) is 24.7 Å². The molecule has 1 aromatic carbocycles. The largest absolute Gasteiger partial charge is 0.480 e. The molecule has 1 saturated heterocycles. The fraction of sp³-hybridized carbons (Fsp3) is 0.529. The van der Waals surface area contributed by atoms with Gasteiger partial charge in [-0.3, -0.25) is 9.59 Å². The van der Waals surface area contributed by atoms with Gasteiger partial charge in [0.2, 0.25) is 10.0 Å². The van der Waals surface area contributed by atoms with Crippen molar-refractivity contribution in [2.45, 2.75) is 44.0 Å². The van der Waals surface area contributed by atoms with E-state index < -0.39 is 21.9 Å². The van der Waals surface area contributed by atoms with Gasteiger partial charge in [0.05, 0.1) is 4.90 Å². The molecule has 1 fully saturated rings. The second-order valence-electron chi connectivity index (χ2n) is 6.20. The Bertz CT molecular complexity index is 730. The van der Waals surface area contributed by atoms with Gasteiger partial charge in [-0.25, -0.2) is 8.42 Å². The monoisotopic (exact) mass is 368 g/mol. The van der Waals surface area contributed by atoms with Gasteiger partial charge in [-0.05, 0) is 51.0 Å². The van der Waals surface area contributed by atoms with E-state index in [1.165, 1.54) is 33.5 Å². The number of aliphatic carboxylic acids is 1. The van der Waals surface area contributed by atoms with E-state index in [9.17, 15) is 18.0 Å². The third kappa shape index (κ3) is 4.38. The molecule has 0 saturated carbocycles. The van der Waals surface area contributed by atoms with Crippen molar-refractivity contribution in [3.8, 4) is 0 Å². The number of amides is 1. The second kappa shape index (κ2) is 7.97. The van der Waals surface area contributed by atoms with E-state index in [0.717, 1.165) is 19.3 Å². The van der Waals surface area contributed by atoms with Crippen molar-refractivity contribution in [2.75, 3.05) is 19.6 Å². The van der Waals surface area contributed by atoms with E-state index in [0.29, 0.717) is 6.54 Å². The molecule has 1 N–H and O–H groups in total. The number of carbonyl (C=O) groups excluding carboxylic acids is 1. The molecule has 8 heteroatoms. The standard InChI is InChI=1S/C17H24N2O5S/c1-3-18(12-16(20)21)17(22)14-7-9-15(10-8-14)25(23,24)19-11-5-4-6-13(19)2/h7-10,13H,3-6,11-12H2,1-2H3,(H,20,21). The van der Waals surface area contributed by atoms with Crippen molar-refractivity contribution >= 4 is 21.9 Å². The Morgan fingerprint density at radius 1 is 1.24 bits per heavy atom. The fourth-order valence-corrected chi connectivity index (χ4v) is 4.71. The minimum absolute atomic E-state index is 0.0359. The van der Waals surface area contributed by atoms with Gasteiger partial charge >= 0.3 is 5.97 Å². The molecule has 1 aliphatic rings. The number of nitrogens with zero attached hydrogens (tertiary/aromatic N) is 2. The van der Waals surface area contributed by atoms with Crippen LogP contribution in [0.15, 0.2) is 29.2 Å². The smallest absolute Gasteiger partial charge is 0.323 e. The van der Waals surface area contributed by atoms with E-state index in [2.05, 4.69) is 0 Å². The molecule has 1 amide bonds. The van der Waals surface area contributed by atoms with Gasteiger partial charge in [0.15, 0.2) is 0 Å². The SMILES string of the molecule is CCN(CC(=O)O)C(=O)c1ccc(S(=O)(=O)N2CCCCC2C)cc1. The Morgan fingerprint density at radius 3 is 2.40 bits per heavy atom. The lowest BCUT2D eigenvalue weighted by Crippen LogP contribution is -2.41. The summed E-state index contributed by atoms with van der Waals surface area (Å²) in [4.78, 5) is 24.5. The maximum absolute atomic E-state index is 12.8. The van der Waals surface area contributed by atoms with Crippen molar-refractivity contribution in [3.05, 3.63) is 29.8 Å². The molecule has 1 unspecified atom stereocenters.